The summed E-state index contributed by atoms with van der Waals surface area (Å²) in [5.41, 5.74) is 6.24. The Morgan fingerprint density at radius 3 is 2.88 bits per heavy atom. The predicted octanol–water partition coefficient (Wildman–Crippen LogP) is 2.61. The lowest BCUT2D eigenvalue weighted by molar-refractivity contribution is 0.567. The number of hydrogen-bond donors (Lipinski definition) is 3. The lowest BCUT2D eigenvalue weighted by atomic mass is 10.3. The number of halogens is 1. The van der Waals surface area contributed by atoms with Crippen LogP contribution in [0.4, 0.5) is 4.39 Å². The van der Waals surface area contributed by atoms with E-state index in [-0.39, 0.29) is 30.5 Å². The SMILES string of the molecule is C/C=C\C=C(\F)CCN=C(N=C(N)c1ccccn1)C(=N)OC=N. The topological polar surface area (TPSA) is 121 Å². The second kappa shape index (κ2) is 10.5. The number of nitrogens with two attached hydrogens (primary N) is 1. The molecule has 1 aromatic heterocycles. The average molecular weight is 330 g/mol. The van der Waals surface area contributed by atoms with Gasteiger partial charge in [0.2, 0.25) is 5.84 Å². The molecule has 8 heteroatoms. The van der Waals surface area contributed by atoms with Crippen molar-refractivity contribution in [2.24, 2.45) is 15.7 Å². The summed E-state index contributed by atoms with van der Waals surface area (Å²) in [4.78, 5) is 12.1. The van der Waals surface area contributed by atoms with Crippen LogP contribution in [0.5, 0.6) is 0 Å². The molecule has 7 nitrogen and oxygen atoms in total. The Balaban J connectivity index is 2.93. The fourth-order valence-electron chi connectivity index (χ4n) is 1.51. The van der Waals surface area contributed by atoms with E-state index in [4.69, 9.17) is 16.6 Å². The first kappa shape index (κ1) is 18.9. The average Bonchev–Trinajstić information content (AvgIpc) is 2.59. The number of pyridine rings is 1. The zero-order chi connectivity index (χ0) is 17.8. The molecule has 0 saturated heterocycles. The molecule has 0 aliphatic carbocycles. The molecule has 4 N–H and O–H groups in total. The van der Waals surface area contributed by atoms with Gasteiger partial charge in [0, 0.05) is 19.2 Å². The Morgan fingerprint density at radius 2 is 2.25 bits per heavy atom. The van der Waals surface area contributed by atoms with Gasteiger partial charge in [-0.1, -0.05) is 18.2 Å². The third kappa shape index (κ3) is 6.73. The number of hydrogen-bond acceptors (Lipinski definition) is 5. The summed E-state index contributed by atoms with van der Waals surface area (Å²) in [6.45, 7) is 1.84. The standard InChI is InChI=1S/C16H19FN6O/c1-2-3-6-12(17)8-10-22-16(15(20)24-11-18)23-14(19)13-7-4-5-9-21-13/h2-7,9,11,18,20H,8,10H2,1H3,(H2,19,22,23)/b3-2-,12-6+,18-11?,20-15?. The highest BCUT2D eigenvalue weighted by Gasteiger charge is 2.10. The maximum Gasteiger partial charge on any atom is 0.258 e. The first-order valence-corrected chi connectivity index (χ1v) is 7.10. The number of amidine groups is 2. The van der Waals surface area contributed by atoms with Gasteiger partial charge in [0.1, 0.15) is 11.5 Å². The third-order valence-electron chi connectivity index (χ3n) is 2.62. The summed E-state index contributed by atoms with van der Waals surface area (Å²) in [6, 6.07) is 5.12. The van der Waals surface area contributed by atoms with Crippen molar-refractivity contribution in [1.29, 1.82) is 10.8 Å². The number of aliphatic imine (C=N–C) groups is 2. The molecular formula is C16H19FN6O. The van der Waals surface area contributed by atoms with Crippen LogP contribution in [0, 0.1) is 10.8 Å². The number of ether oxygens (including phenoxy) is 1. The normalized spacial score (nSPS) is 13.2. The van der Waals surface area contributed by atoms with E-state index in [0.717, 1.165) is 0 Å². The van der Waals surface area contributed by atoms with Crippen molar-refractivity contribution >= 4 is 24.0 Å². The first-order chi connectivity index (χ1) is 11.6. The van der Waals surface area contributed by atoms with Gasteiger partial charge in [0.05, 0.1) is 0 Å². The molecule has 0 atom stereocenters. The van der Waals surface area contributed by atoms with Gasteiger partial charge in [-0.15, -0.1) is 0 Å². The zero-order valence-electron chi connectivity index (χ0n) is 13.2. The third-order valence-corrected chi connectivity index (χ3v) is 2.62. The molecule has 0 radical (unpaired) electrons. The lowest BCUT2D eigenvalue weighted by Crippen LogP contribution is -2.22. The Kier molecular flexibility index (Phi) is 8.30. The largest absolute Gasteiger partial charge is 0.425 e. The first-order valence-electron chi connectivity index (χ1n) is 7.10. The van der Waals surface area contributed by atoms with Gasteiger partial charge in [-0.05, 0) is 25.1 Å². The van der Waals surface area contributed by atoms with E-state index >= 15 is 0 Å². The monoisotopic (exact) mass is 330 g/mol. The van der Waals surface area contributed by atoms with E-state index in [1.807, 2.05) is 0 Å². The number of nitrogens with one attached hydrogen (secondary N) is 2. The van der Waals surface area contributed by atoms with Crippen LogP contribution in [-0.2, 0) is 4.74 Å². The second-order valence-electron chi connectivity index (χ2n) is 4.37. The van der Waals surface area contributed by atoms with Crippen molar-refractivity contribution < 1.29 is 9.13 Å². The maximum atomic E-state index is 13.5. The fourth-order valence-corrected chi connectivity index (χ4v) is 1.51. The zero-order valence-corrected chi connectivity index (χ0v) is 13.2. The molecule has 0 aliphatic heterocycles. The molecule has 1 rings (SSSR count). The molecule has 1 heterocycles. The Bertz CT molecular complexity index is 679. The molecule has 1 aromatic rings. The van der Waals surface area contributed by atoms with E-state index in [0.29, 0.717) is 12.1 Å². The van der Waals surface area contributed by atoms with Crippen LogP contribution in [0.2, 0.25) is 0 Å². The van der Waals surface area contributed by atoms with Gasteiger partial charge in [-0.25, -0.2) is 9.38 Å². The van der Waals surface area contributed by atoms with Crippen molar-refractivity contribution in [1.82, 2.24) is 4.98 Å². The predicted molar refractivity (Wildman–Crippen MR) is 93.5 cm³/mol. The molecule has 126 valence electrons. The van der Waals surface area contributed by atoms with Gasteiger partial charge in [-0.3, -0.25) is 20.8 Å². The number of rotatable bonds is 6. The molecule has 0 amide bonds. The summed E-state index contributed by atoms with van der Waals surface area (Å²) < 4.78 is 18.1. The van der Waals surface area contributed by atoms with E-state index in [1.54, 1.807) is 43.5 Å². The van der Waals surface area contributed by atoms with Crippen LogP contribution in [0.3, 0.4) is 0 Å². The van der Waals surface area contributed by atoms with Crippen molar-refractivity contribution in [3.63, 3.8) is 0 Å². The quantitative estimate of drug-likeness (QED) is 0.422. The highest BCUT2D eigenvalue weighted by Crippen LogP contribution is 2.04. The molecule has 0 aromatic carbocycles. The minimum absolute atomic E-state index is 0.0395. The summed E-state index contributed by atoms with van der Waals surface area (Å²) in [5, 5.41) is 14.6. The molecule has 0 unspecified atom stereocenters. The highest BCUT2D eigenvalue weighted by atomic mass is 19.1. The molecular weight excluding hydrogens is 311 g/mol. The van der Waals surface area contributed by atoms with Gasteiger partial charge in [-0.2, -0.15) is 0 Å². The summed E-state index contributed by atoms with van der Waals surface area (Å²) in [5.74, 6) is -0.905. The summed E-state index contributed by atoms with van der Waals surface area (Å²) in [6.07, 6.45) is 6.80. The molecule has 0 aliphatic rings. The smallest absolute Gasteiger partial charge is 0.258 e. The highest BCUT2D eigenvalue weighted by molar-refractivity contribution is 6.40. The molecule has 0 saturated carbocycles. The summed E-state index contributed by atoms with van der Waals surface area (Å²) >= 11 is 0. The van der Waals surface area contributed by atoms with Gasteiger partial charge in [0.25, 0.3) is 5.90 Å². The van der Waals surface area contributed by atoms with Crippen LogP contribution >= 0.6 is 0 Å². The van der Waals surface area contributed by atoms with Crippen LogP contribution < -0.4 is 5.73 Å². The second-order valence-corrected chi connectivity index (χ2v) is 4.37. The van der Waals surface area contributed by atoms with Crippen LogP contribution in [-0.4, -0.2) is 35.5 Å². The van der Waals surface area contributed by atoms with Crippen LogP contribution in [0.1, 0.15) is 19.0 Å². The van der Waals surface area contributed by atoms with Crippen molar-refractivity contribution in [3.05, 3.63) is 54.1 Å². The van der Waals surface area contributed by atoms with Crippen molar-refractivity contribution in [2.75, 3.05) is 6.54 Å². The Morgan fingerprint density at radius 1 is 1.46 bits per heavy atom. The maximum absolute atomic E-state index is 13.5. The van der Waals surface area contributed by atoms with Crippen molar-refractivity contribution in [3.8, 4) is 0 Å². The van der Waals surface area contributed by atoms with Gasteiger partial charge in [0.15, 0.2) is 12.2 Å². The Labute approximate surface area is 139 Å². The molecule has 0 bridgehead atoms. The van der Waals surface area contributed by atoms with E-state index in [9.17, 15) is 4.39 Å². The minimum atomic E-state index is -0.457. The number of aromatic nitrogens is 1. The lowest BCUT2D eigenvalue weighted by Gasteiger charge is -2.04. The van der Waals surface area contributed by atoms with Crippen molar-refractivity contribution in [2.45, 2.75) is 13.3 Å². The summed E-state index contributed by atoms with van der Waals surface area (Å²) in [7, 11) is 0. The molecule has 24 heavy (non-hydrogen) atoms. The van der Waals surface area contributed by atoms with Gasteiger partial charge < -0.3 is 10.5 Å². The molecule has 0 spiro atoms. The fraction of sp³-hybridized carbons (Fsp3) is 0.188. The van der Waals surface area contributed by atoms with Gasteiger partial charge >= 0.3 is 0 Å². The van der Waals surface area contributed by atoms with E-state index < -0.39 is 5.90 Å². The number of allylic oxidation sites excluding steroid dienone is 3. The Hall–Kier alpha value is -3.16. The van der Waals surface area contributed by atoms with E-state index in [1.165, 1.54) is 6.08 Å². The minimum Gasteiger partial charge on any atom is -0.425 e. The molecule has 0 fully saturated rings. The number of nitrogens with zero attached hydrogens (tertiary/aromatic N) is 3. The van der Waals surface area contributed by atoms with Crippen LogP contribution in [0.15, 0.2) is 58.4 Å². The van der Waals surface area contributed by atoms with E-state index in [2.05, 4.69) is 19.7 Å². The van der Waals surface area contributed by atoms with Crippen LogP contribution in [0.25, 0.3) is 0 Å².